The second-order valence-electron chi connectivity index (χ2n) is 7.90. The maximum absolute atomic E-state index is 12.6. The van der Waals surface area contributed by atoms with E-state index in [0.717, 1.165) is 63.5 Å². The van der Waals surface area contributed by atoms with Crippen molar-refractivity contribution in [1.29, 1.82) is 0 Å². The van der Waals surface area contributed by atoms with Crippen molar-refractivity contribution in [2.75, 3.05) is 26.7 Å². The van der Waals surface area contributed by atoms with Gasteiger partial charge in [0.1, 0.15) is 0 Å². The van der Waals surface area contributed by atoms with Crippen LogP contribution in [0.2, 0.25) is 0 Å². The van der Waals surface area contributed by atoms with Crippen LogP contribution in [0.1, 0.15) is 49.9 Å². The molecule has 1 saturated carbocycles. The van der Waals surface area contributed by atoms with Crippen molar-refractivity contribution in [2.45, 2.75) is 65.0 Å². The third-order valence-electron chi connectivity index (χ3n) is 5.71. The minimum absolute atomic E-state index is 0. The average molecular weight is 502 g/mol. The van der Waals surface area contributed by atoms with Gasteiger partial charge in [0.25, 0.3) is 0 Å². The summed E-state index contributed by atoms with van der Waals surface area (Å²) in [4.78, 5) is 18.9. The largest absolute Gasteiger partial charge is 0.356 e. The first kappa shape index (κ1) is 23.0. The van der Waals surface area contributed by atoms with Crippen LogP contribution in [0.5, 0.6) is 0 Å². The van der Waals surface area contributed by atoms with Gasteiger partial charge >= 0.3 is 0 Å². The van der Waals surface area contributed by atoms with Gasteiger partial charge in [-0.1, -0.05) is 12.8 Å². The lowest BCUT2D eigenvalue weighted by Gasteiger charge is -2.21. The van der Waals surface area contributed by atoms with Crippen molar-refractivity contribution >= 4 is 35.8 Å². The molecule has 8 heteroatoms. The number of carbonyl (C=O) groups excluding carboxylic acids is 1. The first-order valence-electron chi connectivity index (χ1n) is 10.3. The molecule has 1 saturated heterocycles. The molecular weight excluding hydrogens is 467 g/mol. The van der Waals surface area contributed by atoms with Gasteiger partial charge < -0.3 is 15.5 Å². The molecule has 7 nitrogen and oxygen atoms in total. The molecule has 2 aliphatic rings. The Balaban J connectivity index is 0.00000280. The normalized spacial score (nSPS) is 20.3. The number of hydrogen-bond donors (Lipinski definition) is 2. The Labute approximate surface area is 185 Å². The fourth-order valence-corrected chi connectivity index (χ4v) is 4.23. The Kier molecular flexibility index (Phi) is 9.04. The number of hydrogen-bond acceptors (Lipinski definition) is 3. The summed E-state index contributed by atoms with van der Waals surface area (Å²) < 4.78 is 2.05. The van der Waals surface area contributed by atoms with Gasteiger partial charge in [0.05, 0.1) is 5.69 Å². The highest BCUT2D eigenvalue weighted by Gasteiger charge is 2.32. The number of amides is 1. The fourth-order valence-electron chi connectivity index (χ4n) is 4.23. The van der Waals surface area contributed by atoms with E-state index in [1.807, 2.05) is 11.8 Å². The maximum atomic E-state index is 12.6. The molecule has 0 bridgehead atoms. The lowest BCUT2D eigenvalue weighted by atomic mass is 10.1. The highest BCUT2D eigenvalue weighted by molar-refractivity contribution is 14.0. The van der Waals surface area contributed by atoms with E-state index in [9.17, 15) is 4.79 Å². The zero-order chi connectivity index (χ0) is 19.2. The van der Waals surface area contributed by atoms with E-state index in [0.29, 0.717) is 5.91 Å². The van der Waals surface area contributed by atoms with Gasteiger partial charge in [0.15, 0.2) is 5.96 Å². The lowest BCUT2D eigenvalue weighted by molar-refractivity contribution is -0.134. The number of nitrogens with zero attached hydrogens (tertiary/aromatic N) is 4. The third kappa shape index (κ3) is 6.09. The maximum Gasteiger partial charge on any atom is 0.225 e. The lowest BCUT2D eigenvalue weighted by Crippen LogP contribution is -2.45. The molecule has 3 rings (SSSR count). The Bertz CT molecular complexity index is 668. The molecule has 0 spiro atoms. The molecule has 1 aliphatic heterocycles. The van der Waals surface area contributed by atoms with Gasteiger partial charge in [-0.15, -0.1) is 24.0 Å². The number of aliphatic imine (C=N–C) groups is 1. The van der Waals surface area contributed by atoms with Crippen molar-refractivity contribution in [3.05, 3.63) is 17.5 Å². The summed E-state index contributed by atoms with van der Waals surface area (Å²) in [7, 11) is 1.80. The van der Waals surface area contributed by atoms with Crippen LogP contribution in [-0.2, 0) is 11.3 Å². The molecule has 2 heterocycles. The van der Waals surface area contributed by atoms with Gasteiger partial charge in [-0.2, -0.15) is 5.10 Å². The summed E-state index contributed by atoms with van der Waals surface area (Å²) in [6, 6.07) is 2.39. The van der Waals surface area contributed by atoms with Crippen LogP contribution in [0.25, 0.3) is 0 Å². The number of carbonyl (C=O) groups is 1. The van der Waals surface area contributed by atoms with Crippen LogP contribution in [0, 0.1) is 19.8 Å². The predicted octanol–water partition coefficient (Wildman–Crippen LogP) is 2.46. The molecular formula is C20H35IN6O. The van der Waals surface area contributed by atoms with Crippen molar-refractivity contribution in [3.8, 4) is 0 Å². The number of nitrogens with one attached hydrogen (secondary N) is 2. The first-order chi connectivity index (χ1) is 13.1. The van der Waals surface area contributed by atoms with Gasteiger partial charge in [-0.25, -0.2) is 0 Å². The Morgan fingerprint density at radius 2 is 2.04 bits per heavy atom. The molecule has 0 aromatic carbocycles. The molecule has 1 aromatic heterocycles. The van der Waals surface area contributed by atoms with Crippen LogP contribution >= 0.6 is 24.0 Å². The number of rotatable bonds is 6. The standard InChI is InChI=1S/C20H34N6O.HI/c1-15-13-16(2)26(24-15)11-6-10-22-20(21-3)23-18-9-12-25(14-18)19(27)17-7-4-5-8-17;/h13,17-18H,4-12,14H2,1-3H3,(H2,21,22,23);1H. The average Bonchev–Trinajstić information content (AvgIpc) is 3.39. The number of aryl methyl sites for hydroxylation is 3. The SMILES string of the molecule is CN=C(NCCCn1nc(C)cc1C)NC1CCN(C(=O)C2CCCC2)C1.I. The van der Waals surface area contributed by atoms with E-state index in [4.69, 9.17) is 0 Å². The van der Waals surface area contributed by atoms with E-state index in [1.54, 1.807) is 7.05 Å². The molecule has 1 unspecified atom stereocenters. The number of guanidine groups is 1. The van der Waals surface area contributed by atoms with Gasteiger partial charge in [0.2, 0.25) is 5.91 Å². The van der Waals surface area contributed by atoms with Crippen molar-refractivity contribution < 1.29 is 4.79 Å². The van der Waals surface area contributed by atoms with Crippen LogP contribution < -0.4 is 10.6 Å². The van der Waals surface area contributed by atoms with E-state index < -0.39 is 0 Å². The van der Waals surface area contributed by atoms with Gasteiger partial charge in [0, 0.05) is 50.9 Å². The van der Waals surface area contributed by atoms with E-state index in [2.05, 4.69) is 38.4 Å². The minimum Gasteiger partial charge on any atom is -0.356 e. The topological polar surface area (TPSA) is 74.6 Å². The smallest absolute Gasteiger partial charge is 0.225 e. The van der Waals surface area contributed by atoms with E-state index >= 15 is 0 Å². The van der Waals surface area contributed by atoms with Crippen LogP contribution in [-0.4, -0.2) is 59.3 Å². The summed E-state index contributed by atoms with van der Waals surface area (Å²) in [5, 5.41) is 11.4. The summed E-state index contributed by atoms with van der Waals surface area (Å²) in [5.41, 5.74) is 2.27. The molecule has 2 N–H and O–H groups in total. The van der Waals surface area contributed by atoms with Crippen LogP contribution in [0.15, 0.2) is 11.1 Å². The summed E-state index contributed by atoms with van der Waals surface area (Å²) >= 11 is 0. The quantitative estimate of drug-likeness (QED) is 0.271. The molecule has 1 aliphatic carbocycles. The van der Waals surface area contributed by atoms with Gasteiger partial charge in [-0.05, 0) is 45.6 Å². The van der Waals surface area contributed by atoms with Crippen molar-refractivity contribution in [2.24, 2.45) is 10.9 Å². The first-order valence-corrected chi connectivity index (χ1v) is 10.3. The zero-order valence-electron chi connectivity index (χ0n) is 17.4. The summed E-state index contributed by atoms with van der Waals surface area (Å²) in [5.74, 6) is 1.46. The number of likely N-dealkylation sites (tertiary alicyclic amines) is 1. The van der Waals surface area contributed by atoms with Crippen molar-refractivity contribution in [3.63, 3.8) is 0 Å². The minimum atomic E-state index is 0. The van der Waals surface area contributed by atoms with E-state index in [1.165, 1.54) is 18.5 Å². The third-order valence-corrected chi connectivity index (χ3v) is 5.71. The van der Waals surface area contributed by atoms with Crippen molar-refractivity contribution in [1.82, 2.24) is 25.3 Å². The fraction of sp³-hybridized carbons (Fsp3) is 0.750. The molecule has 1 aromatic rings. The zero-order valence-corrected chi connectivity index (χ0v) is 19.7. The Morgan fingerprint density at radius 3 is 2.68 bits per heavy atom. The molecule has 28 heavy (non-hydrogen) atoms. The Morgan fingerprint density at radius 1 is 1.29 bits per heavy atom. The van der Waals surface area contributed by atoms with E-state index in [-0.39, 0.29) is 35.9 Å². The predicted molar refractivity (Wildman–Crippen MR) is 123 cm³/mol. The molecule has 2 fully saturated rings. The number of halogens is 1. The summed E-state index contributed by atoms with van der Waals surface area (Å²) in [6.45, 7) is 7.51. The molecule has 1 atom stereocenters. The molecule has 158 valence electrons. The Hall–Kier alpha value is -1.32. The second kappa shape index (κ2) is 11.0. The highest BCUT2D eigenvalue weighted by Crippen LogP contribution is 2.27. The highest BCUT2D eigenvalue weighted by atomic mass is 127. The molecule has 1 amide bonds. The van der Waals surface area contributed by atoms with Crippen LogP contribution in [0.4, 0.5) is 0 Å². The second-order valence-corrected chi connectivity index (χ2v) is 7.90. The summed E-state index contributed by atoms with van der Waals surface area (Å²) in [6.07, 6.45) is 6.54. The van der Waals surface area contributed by atoms with Gasteiger partial charge in [-0.3, -0.25) is 14.5 Å². The monoisotopic (exact) mass is 502 g/mol. The van der Waals surface area contributed by atoms with Crippen LogP contribution in [0.3, 0.4) is 0 Å². The number of aromatic nitrogens is 2. The molecule has 0 radical (unpaired) electrons.